The zero-order valence-electron chi connectivity index (χ0n) is 16.4. The van der Waals surface area contributed by atoms with Crippen LogP contribution in [0.2, 0.25) is 0 Å². The zero-order chi connectivity index (χ0) is 19.8. The fraction of sp³-hybridized carbons (Fsp3) is 0.273. The average molecular weight is 363 g/mol. The highest BCUT2D eigenvalue weighted by Gasteiger charge is 2.19. The molecule has 0 fully saturated rings. The standard InChI is InChI=1S/C22H25N3O2/c1-15-19(21(27)25(24(15)5)18-9-7-6-8-10-18)23-20(26)16-11-13-17(14-12-16)22(2,3)4/h6-14H,1-5H3,(H,23,26). The molecule has 0 aliphatic heterocycles. The van der Waals surface area contributed by atoms with Crippen LogP contribution in [-0.4, -0.2) is 15.3 Å². The van der Waals surface area contributed by atoms with Crippen LogP contribution < -0.4 is 10.9 Å². The van der Waals surface area contributed by atoms with Gasteiger partial charge in [-0.25, -0.2) is 4.68 Å². The molecule has 0 aliphatic rings. The van der Waals surface area contributed by atoms with Crippen LogP contribution >= 0.6 is 0 Å². The van der Waals surface area contributed by atoms with E-state index in [1.54, 1.807) is 28.5 Å². The van der Waals surface area contributed by atoms with Gasteiger partial charge in [-0.3, -0.25) is 14.3 Å². The molecule has 1 amide bonds. The summed E-state index contributed by atoms with van der Waals surface area (Å²) in [5, 5.41) is 2.79. The number of rotatable bonds is 3. The lowest BCUT2D eigenvalue weighted by molar-refractivity contribution is 0.102. The van der Waals surface area contributed by atoms with E-state index in [1.807, 2.05) is 49.4 Å². The molecule has 5 heteroatoms. The summed E-state index contributed by atoms with van der Waals surface area (Å²) in [6.45, 7) is 8.20. The summed E-state index contributed by atoms with van der Waals surface area (Å²) in [5.74, 6) is -0.290. The molecule has 3 rings (SSSR count). The number of benzene rings is 2. The zero-order valence-corrected chi connectivity index (χ0v) is 16.4. The molecule has 27 heavy (non-hydrogen) atoms. The number of para-hydroxylation sites is 1. The molecule has 0 unspecified atom stereocenters. The van der Waals surface area contributed by atoms with Crippen LogP contribution in [0.5, 0.6) is 0 Å². The van der Waals surface area contributed by atoms with Gasteiger partial charge in [-0.2, -0.15) is 0 Å². The fourth-order valence-corrected chi connectivity index (χ4v) is 3.02. The minimum atomic E-state index is -0.290. The summed E-state index contributed by atoms with van der Waals surface area (Å²) in [6, 6.07) is 16.9. The lowest BCUT2D eigenvalue weighted by Crippen LogP contribution is -2.23. The molecule has 0 spiro atoms. The number of aromatic nitrogens is 2. The molecule has 2 aromatic carbocycles. The first-order valence-corrected chi connectivity index (χ1v) is 8.96. The minimum Gasteiger partial charge on any atom is -0.316 e. The van der Waals surface area contributed by atoms with Crippen molar-refractivity contribution < 1.29 is 4.79 Å². The molecule has 0 radical (unpaired) electrons. The van der Waals surface area contributed by atoms with Crippen LogP contribution in [0.1, 0.15) is 42.4 Å². The van der Waals surface area contributed by atoms with Crippen LogP contribution in [0.4, 0.5) is 5.69 Å². The van der Waals surface area contributed by atoms with Crippen molar-refractivity contribution in [1.82, 2.24) is 9.36 Å². The molecule has 0 bridgehead atoms. The maximum atomic E-state index is 12.9. The molecule has 1 aromatic heterocycles. The van der Waals surface area contributed by atoms with Gasteiger partial charge in [-0.15, -0.1) is 0 Å². The molecule has 0 aliphatic carbocycles. The van der Waals surface area contributed by atoms with Gasteiger partial charge in [0.25, 0.3) is 11.5 Å². The molecule has 3 aromatic rings. The SMILES string of the molecule is Cc1c(NC(=O)c2ccc(C(C)(C)C)cc2)c(=O)n(-c2ccccc2)n1C. The van der Waals surface area contributed by atoms with Gasteiger partial charge in [-0.1, -0.05) is 51.1 Å². The number of nitrogens with zero attached hydrogens (tertiary/aromatic N) is 2. The van der Waals surface area contributed by atoms with Gasteiger partial charge in [-0.05, 0) is 42.2 Å². The van der Waals surface area contributed by atoms with Gasteiger partial charge in [0.2, 0.25) is 0 Å². The second-order valence-corrected chi connectivity index (χ2v) is 7.72. The van der Waals surface area contributed by atoms with Crippen molar-refractivity contribution in [2.24, 2.45) is 7.05 Å². The van der Waals surface area contributed by atoms with E-state index >= 15 is 0 Å². The Morgan fingerprint density at radius 1 is 0.963 bits per heavy atom. The van der Waals surface area contributed by atoms with Gasteiger partial charge in [0.15, 0.2) is 0 Å². The van der Waals surface area contributed by atoms with Crippen LogP contribution in [-0.2, 0) is 12.5 Å². The third-order valence-electron chi connectivity index (χ3n) is 4.81. The molecule has 1 N–H and O–H groups in total. The first-order valence-electron chi connectivity index (χ1n) is 8.96. The molecular formula is C22H25N3O2. The van der Waals surface area contributed by atoms with Crippen LogP contribution in [0.25, 0.3) is 5.69 Å². The number of anilines is 1. The Balaban J connectivity index is 1.92. The van der Waals surface area contributed by atoms with Gasteiger partial charge < -0.3 is 5.32 Å². The number of carbonyl (C=O) groups is 1. The van der Waals surface area contributed by atoms with Crippen molar-refractivity contribution in [3.05, 3.63) is 81.8 Å². The molecule has 0 saturated carbocycles. The Hall–Kier alpha value is -3.08. The van der Waals surface area contributed by atoms with E-state index in [-0.39, 0.29) is 16.9 Å². The van der Waals surface area contributed by atoms with E-state index in [0.29, 0.717) is 16.9 Å². The maximum Gasteiger partial charge on any atom is 0.295 e. The molecule has 0 atom stereocenters. The van der Waals surface area contributed by atoms with E-state index in [9.17, 15) is 9.59 Å². The Kier molecular flexibility index (Phi) is 4.79. The maximum absolute atomic E-state index is 12.9. The van der Waals surface area contributed by atoms with Crippen molar-refractivity contribution in [2.75, 3.05) is 5.32 Å². The first-order chi connectivity index (χ1) is 12.7. The third kappa shape index (κ3) is 3.58. The van der Waals surface area contributed by atoms with E-state index in [4.69, 9.17) is 0 Å². The second-order valence-electron chi connectivity index (χ2n) is 7.72. The lowest BCUT2D eigenvalue weighted by atomic mass is 9.87. The monoisotopic (exact) mass is 363 g/mol. The minimum absolute atomic E-state index is 0.0223. The van der Waals surface area contributed by atoms with Gasteiger partial charge in [0, 0.05) is 12.6 Å². The highest BCUT2D eigenvalue weighted by atomic mass is 16.2. The third-order valence-corrected chi connectivity index (χ3v) is 4.81. The summed E-state index contributed by atoms with van der Waals surface area (Å²) >= 11 is 0. The number of hydrogen-bond donors (Lipinski definition) is 1. The Morgan fingerprint density at radius 2 is 1.56 bits per heavy atom. The highest BCUT2D eigenvalue weighted by molar-refractivity contribution is 6.04. The quantitative estimate of drug-likeness (QED) is 0.764. The number of amides is 1. The number of carbonyl (C=O) groups excluding carboxylic acids is 1. The van der Waals surface area contributed by atoms with Crippen molar-refractivity contribution >= 4 is 11.6 Å². The van der Waals surface area contributed by atoms with Gasteiger partial charge in [0.05, 0.1) is 11.4 Å². The summed E-state index contributed by atoms with van der Waals surface area (Å²) in [7, 11) is 1.80. The Labute approximate surface area is 159 Å². The molecule has 5 nitrogen and oxygen atoms in total. The molecule has 0 saturated heterocycles. The van der Waals surface area contributed by atoms with Gasteiger partial charge >= 0.3 is 0 Å². The predicted octanol–water partition coefficient (Wildman–Crippen LogP) is 4.03. The van der Waals surface area contributed by atoms with E-state index < -0.39 is 0 Å². The van der Waals surface area contributed by atoms with Crippen LogP contribution in [0, 0.1) is 6.92 Å². The summed E-state index contributed by atoms with van der Waals surface area (Å²) in [6.07, 6.45) is 0. The Morgan fingerprint density at radius 3 is 2.11 bits per heavy atom. The van der Waals surface area contributed by atoms with E-state index in [0.717, 1.165) is 11.3 Å². The van der Waals surface area contributed by atoms with Gasteiger partial charge in [0.1, 0.15) is 5.69 Å². The van der Waals surface area contributed by atoms with Crippen molar-refractivity contribution in [1.29, 1.82) is 0 Å². The fourth-order valence-electron chi connectivity index (χ4n) is 3.02. The average Bonchev–Trinajstić information content (AvgIpc) is 2.85. The van der Waals surface area contributed by atoms with Crippen molar-refractivity contribution in [3.63, 3.8) is 0 Å². The second kappa shape index (κ2) is 6.91. The van der Waals surface area contributed by atoms with Crippen LogP contribution in [0.3, 0.4) is 0 Å². The summed E-state index contributed by atoms with van der Waals surface area (Å²) < 4.78 is 3.30. The molecular weight excluding hydrogens is 338 g/mol. The van der Waals surface area contributed by atoms with Crippen LogP contribution in [0.15, 0.2) is 59.4 Å². The largest absolute Gasteiger partial charge is 0.316 e. The predicted molar refractivity (Wildman–Crippen MR) is 109 cm³/mol. The smallest absolute Gasteiger partial charge is 0.295 e. The number of hydrogen-bond acceptors (Lipinski definition) is 2. The van der Waals surface area contributed by atoms with E-state index in [2.05, 4.69) is 26.1 Å². The number of nitrogens with one attached hydrogen (secondary N) is 1. The summed E-state index contributed by atoms with van der Waals surface area (Å²) in [4.78, 5) is 25.6. The molecule has 1 heterocycles. The Bertz CT molecular complexity index is 1020. The molecule has 140 valence electrons. The van der Waals surface area contributed by atoms with Crippen molar-refractivity contribution in [2.45, 2.75) is 33.1 Å². The highest BCUT2D eigenvalue weighted by Crippen LogP contribution is 2.22. The lowest BCUT2D eigenvalue weighted by Gasteiger charge is -2.19. The normalized spacial score (nSPS) is 11.4. The topological polar surface area (TPSA) is 56.0 Å². The van der Waals surface area contributed by atoms with E-state index in [1.165, 1.54) is 0 Å². The first kappa shape index (κ1) is 18.7. The van der Waals surface area contributed by atoms with Crippen molar-refractivity contribution in [3.8, 4) is 5.69 Å². The summed E-state index contributed by atoms with van der Waals surface area (Å²) in [5.41, 5.74) is 3.20.